The van der Waals surface area contributed by atoms with E-state index >= 15 is 0 Å². The molecule has 0 radical (unpaired) electrons. The van der Waals surface area contributed by atoms with Gasteiger partial charge in [0, 0.05) is 5.39 Å². The molecule has 84 valence electrons. The van der Waals surface area contributed by atoms with Crippen molar-refractivity contribution in [3.8, 4) is 0 Å². The van der Waals surface area contributed by atoms with Gasteiger partial charge in [-0.05, 0) is 6.07 Å². The Morgan fingerprint density at radius 3 is 2.44 bits per heavy atom. The zero-order valence-electron chi connectivity index (χ0n) is 7.62. The monoisotopic (exact) mass is 279 g/mol. The molecule has 0 saturated heterocycles. The standard InChI is InChI=1S/C9H4Cl2FNO2S/c10-7-5-3-1-2-4-6(5)13-9(11)8(7)16(12,14)15/h1-4H. The third kappa shape index (κ3) is 1.86. The number of aromatic nitrogens is 1. The molecule has 0 aliphatic rings. The van der Waals surface area contributed by atoms with Crippen LogP contribution in [-0.2, 0) is 10.2 Å². The van der Waals surface area contributed by atoms with Gasteiger partial charge in [-0.2, -0.15) is 8.42 Å². The Kier molecular flexibility index (Phi) is 2.77. The molecule has 0 fully saturated rings. The van der Waals surface area contributed by atoms with Gasteiger partial charge in [0.2, 0.25) is 0 Å². The topological polar surface area (TPSA) is 47.0 Å². The fraction of sp³-hybridized carbons (Fsp3) is 0. The first-order valence-electron chi connectivity index (χ1n) is 4.09. The van der Waals surface area contributed by atoms with Gasteiger partial charge in [0.15, 0.2) is 10.0 Å². The summed E-state index contributed by atoms with van der Waals surface area (Å²) in [6.07, 6.45) is 0. The third-order valence-corrected chi connectivity index (χ3v) is 3.76. The highest BCUT2D eigenvalue weighted by Gasteiger charge is 2.24. The number of pyridine rings is 1. The van der Waals surface area contributed by atoms with E-state index in [0.717, 1.165) is 0 Å². The second-order valence-corrected chi connectivity index (χ2v) is 5.02. The van der Waals surface area contributed by atoms with E-state index in [1.165, 1.54) is 6.07 Å². The predicted octanol–water partition coefficient (Wildman–Crippen LogP) is 3.20. The van der Waals surface area contributed by atoms with E-state index < -0.39 is 20.3 Å². The summed E-state index contributed by atoms with van der Waals surface area (Å²) in [4.78, 5) is 2.98. The first-order valence-corrected chi connectivity index (χ1v) is 6.23. The van der Waals surface area contributed by atoms with Crippen LogP contribution in [0, 0.1) is 0 Å². The second kappa shape index (κ2) is 3.84. The summed E-state index contributed by atoms with van der Waals surface area (Å²) < 4.78 is 34.6. The minimum Gasteiger partial charge on any atom is -0.234 e. The molecule has 0 aliphatic carbocycles. The molecule has 0 unspecified atom stereocenters. The third-order valence-electron chi connectivity index (χ3n) is 1.99. The van der Waals surface area contributed by atoms with E-state index in [1.54, 1.807) is 18.2 Å². The molecular weight excluding hydrogens is 276 g/mol. The first kappa shape index (κ1) is 11.6. The molecular formula is C9H4Cl2FNO2S. The van der Waals surface area contributed by atoms with Gasteiger partial charge in [-0.25, -0.2) is 4.98 Å². The van der Waals surface area contributed by atoms with Crippen LogP contribution in [0.3, 0.4) is 0 Å². The zero-order valence-corrected chi connectivity index (χ0v) is 9.94. The molecule has 1 heterocycles. The summed E-state index contributed by atoms with van der Waals surface area (Å²) in [5, 5.41) is -0.380. The number of fused-ring (bicyclic) bond motifs is 1. The molecule has 0 aliphatic heterocycles. The maximum Gasteiger partial charge on any atom is 0.336 e. The minimum atomic E-state index is -4.98. The normalized spacial score (nSPS) is 11.9. The van der Waals surface area contributed by atoms with Crippen molar-refractivity contribution < 1.29 is 12.3 Å². The van der Waals surface area contributed by atoms with Crippen LogP contribution in [0.4, 0.5) is 3.89 Å². The molecule has 16 heavy (non-hydrogen) atoms. The van der Waals surface area contributed by atoms with Gasteiger partial charge >= 0.3 is 10.2 Å². The number of halogens is 3. The van der Waals surface area contributed by atoms with Crippen LogP contribution in [0.2, 0.25) is 10.2 Å². The molecule has 2 rings (SSSR count). The first-order chi connectivity index (χ1) is 7.41. The van der Waals surface area contributed by atoms with Crippen molar-refractivity contribution in [1.29, 1.82) is 0 Å². The van der Waals surface area contributed by atoms with Crippen LogP contribution in [0.1, 0.15) is 0 Å². The molecule has 0 spiro atoms. The van der Waals surface area contributed by atoms with E-state index in [4.69, 9.17) is 23.2 Å². The zero-order chi connectivity index (χ0) is 11.9. The lowest BCUT2D eigenvalue weighted by molar-refractivity contribution is 0.552. The van der Waals surface area contributed by atoms with Crippen LogP contribution in [0.25, 0.3) is 10.9 Å². The Bertz CT molecular complexity index is 673. The van der Waals surface area contributed by atoms with Gasteiger partial charge in [-0.3, -0.25) is 0 Å². The van der Waals surface area contributed by atoms with Crippen LogP contribution < -0.4 is 0 Å². The van der Waals surface area contributed by atoms with Gasteiger partial charge < -0.3 is 0 Å². The number of benzene rings is 1. The molecule has 3 nitrogen and oxygen atoms in total. The molecule has 0 atom stereocenters. The number of hydrogen-bond acceptors (Lipinski definition) is 3. The number of hydrogen-bond donors (Lipinski definition) is 0. The lowest BCUT2D eigenvalue weighted by atomic mass is 10.2. The summed E-state index contributed by atoms with van der Waals surface area (Å²) in [6, 6.07) is 6.46. The van der Waals surface area contributed by atoms with Gasteiger partial charge in [-0.1, -0.05) is 41.4 Å². The average molecular weight is 280 g/mol. The number of para-hydroxylation sites is 1. The van der Waals surface area contributed by atoms with E-state index in [0.29, 0.717) is 10.9 Å². The molecule has 1 aromatic heterocycles. The SMILES string of the molecule is O=S(=O)(F)c1c(Cl)nc2ccccc2c1Cl. The Balaban J connectivity index is 2.98. The van der Waals surface area contributed by atoms with Crippen molar-refractivity contribution in [1.82, 2.24) is 4.98 Å². The summed E-state index contributed by atoms with van der Waals surface area (Å²) in [7, 11) is -4.98. The molecule has 7 heteroatoms. The Morgan fingerprint density at radius 2 is 1.81 bits per heavy atom. The molecule has 2 aromatic rings. The van der Waals surface area contributed by atoms with E-state index in [1.807, 2.05) is 0 Å². The van der Waals surface area contributed by atoms with Gasteiger partial charge in [-0.15, -0.1) is 3.89 Å². The van der Waals surface area contributed by atoms with E-state index in [-0.39, 0.29) is 5.02 Å². The molecule has 0 bridgehead atoms. The summed E-state index contributed by atoms with van der Waals surface area (Å²) in [5.74, 6) is 0. The molecule has 1 aromatic carbocycles. The van der Waals surface area contributed by atoms with E-state index in [2.05, 4.69) is 4.98 Å². The Hall–Kier alpha value is -0.910. The van der Waals surface area contributed by atoms with Crippen molar-refractivity contribution in [3.63, 3.8) is 0 Å². The molecule has 0 amide bonds. The van der Waals surface area contributed by atoms with Crippen molar-refractivity contribution in [2.75, 3.05) is 0 Å². The molecule has 0 N–H and O–H groups in total. The van der Waals surface area contributed by atoms with Crippen LogP contribution in [0.5, 0.6) is 0 Å². The second-order valence-electron chi connectivity index (χ2n) is 3.00. The largest absolute Gasteiger partial charge is 0.336 e. The highest BCUT2D eigenvalue weighted by Crippen LogP contribution is 2.34. The van der Waals surface area contributed by atoms with Crippen molar-refractivity contribution >= 4 is 44.3 Å². The Labute approximate surface area is 101 Å². The lowest BCUT2D eigenvalue weighted by Crippen LogP contribution is -1.97. The van der Waals surface area contributed by atoms with E-state index in [9.17, 15) is 12.3 Å². The summed E-state index contributed by atoms with van der Waals surface area (Å²) in [5.41, 5.74) is 0.407. The van der Waals surface area contributed by atoms with Crippen molar-refractivity contribution in [2.24, 2.45) is 0 Å². The van der Waals surface area contributed by atoms with Gasteiger partial charge in [0.05, 0.1) is 10.5 Å². The highest BCUT2D eigenvalue weighted by atomic mass is 35.5. The average Bonchev–Trinajstić information content (AvgIpc) is 2.15. The predicted molar refractivity (Wildman–Crippen MR) is 60.1 cm³/mol. The lowest BCUT2D eigenvalue weighted by Gasteiger charge is -2.05. The van der Waals surface area contributed by atoms with Gasteiger partial charge in [0.1, 0.15) is 0 Å². The fourth-order valence-corrected chi connectivity index (χ4v) is 2.94. The summed E-state index contributed by atoms with van der Waals surface area (Å²) in [6.45, 7) is 0. The maximum absolute atomic E-state index is 12.9. The number of nitrogens with zero attached hydrogens (tertiary/aromatic N) is 1. The van der Waals surface area contributed by atoms with Crippen LogP contribution in [0.15, 0.2) is 29.2 Å². The van der Waals surface area contributed by atoms with Crippen LogP contribution >= 0.6 is 23.2 Å². The maximum atomic E-state index is 12.9. The summed E-state index contributed by atoms with van der Waals surface area (Å²) >= 11 is 11.4. The smallest absolute Gasteiger partial charge is 0.234 e. The fourth-order valence-electron chi connectivity index (χ4n) is 1.33. The highest BCUT2D eigenvalue weighted by molar-refractivity contribution is 7.86. The number of rotatable bonds is 1. The van der Waals surface area contributed by atoms with Crippen molar-refractivity contribution in [2.45, 2.75) is 4.90 Å². The molecule has 0 saturated carbocycles. The quantitative estimate of drug-likeness (QED) is 0.595. The van der Waals surface area contributed by atoms with Gasteiger partial charge in [0.25, 0.3) is 0 Å². The Morgan fingerprint density at radius 1 is 1.19 bits per heavy atom. The van der Waals surface area contributed by atoms with Crippen LogP contribution in [-0.4, -0.2) is 13.4 Å². The van der Waals surface area contributed by atoms with Crippen molar-refractivity contribution in [3.05, 3.63) is 34.4 Å². The minimum absolute atomic E-state index is 0.252.